The third kappa shape index (κ3) is 3.76. The van der Waals surface area contributed by atoms with Crippen LogP contribution in [0.5, 0.6) is 0 Å². The predicted octanol–water partition coefficient (Wildman–Crippen LogP) is 5.13. The fraction of sp³-hybridized carbons (Fsp3) is 0.154. The van der Waals surface area contributed by atoms with Gasteiger partial charge in [-0.3, -0.25) is 4.98 Å². The summed E-state index contributed by atoms with van der Waals surface area (Å²) in [5, 5.41) is 0. The largest absolute Gasteiger partial charge is 0.261 e. The van der Waals surface area contributed by atoms with Gasteiger partial charge in [-0.15, -0.1) is 0 Å². The summed E-state index contributed by atoms with van der Waals surface area (Å²) in [6.07, 6.45) is 2.73. The first kappa shape index (κ1) is 13.5. The number of benzene rings is 1. The number of rotatable bonds is 3. The highest BCUT2D eigenvalue weighted by atomic mass is 127. The topological polar surface area (TPSA) is 12.9 Å². The van der Waals surface area contributed by atoms with Crippen LogP contribution in [0.4, 0.5) is 0 Å². The smallest absolute Gasteiger partial charge is 0.0461 e. The van der Waals surface area contributed by atoms with Gasteiger partial charge in [-0.1, -0.05) is 37.9 Å². The number of halogens is 3. The molecule has 0 bridgehead atoms. The zero-order chi connectivity index (χ0) is 12.3. The molecule has 1 unspecified atom stereocenters. The van der Waals surface area contributed by atoms with Gasteiger partial charge in [0.25, 0.3) is 0 Å². The van der Waals surface area contributed by atoms with Crippen molar-refractivity contribution >= 4 is 54.5 Å². The maximum absolute atomic E-state index is 4.35. The molecule has 2 rings (SSSR count). The van der Waals surface area contributed by atoms with E-state index in [1.807, 2.05) is 18.3 Å². The van der Waals surface area contributed by atoms with Crippen molar-refractivity contribution in [2.45, 2.75) is 11.2 Å². The molecule has 0 aliphatic rings. The van der Waals surface area contributed by atoms with E-state index in [-0.39, 0.29) is 0 Å². The van der Waals surface area contributed by atoms with Crippen molar-refractivity contribution in [3.63, 3.8) is 0 Å². The van der Waals surface area contributed by atoms with E-state index >= 15 is 0 Å². The molecular weight excluding hydrogens is 457 g/mol. The Balaban J connectivity index is 2.20. The molecule has 0 aliphatic heterocycles. The van der Waals surface area contributed by atoms with Gasteiger partial charge in [0.05, 0.1) is 0 Å². The molecule has 88 valence electrons. The number of pyridine rings is 1. The minimum atomic E-state index is 0.293. The van der Waals surface area contributed by atoms with Crippen molar-refractivity contribution in [2.75, 3.05) is 0 Å². The molecule has 1 aromatic heterocycles. The molecule has 0 spiro atoms. The molecule has 1 aromatic carbocycles. The van der Waals surface area contributed by atoms with Crippen LogP contribution in [0.2, 0.25) is 0 Å². The molecule has 1 nitrogen and oxygen atoms in total. The van der Waals surface area contributed by atoms with E-state index in [9.17, 15) is 0 Å². The normalized spacial score (nSPS) is 12.4. The van der Waals surface area contributed by atoms with Gasteiger partial charge < -0.3 is 0 Å². The Hall–Kier alpha value is 0.0600. The predicted molar refractivity (Wildman–Crippen MR) is 86.5 cm³/mol. The highest BCUT2D eigenvalue weighted by Gasteiger charge is 2.12. The van der Waals surface area contributed by atoms with Gasteiger partial charge in [-0.25, -0.2) is 0 Å². The van der Waals surface area contributed by atoms with Crippen LogP contribution < -0.4 is 0 Å². The zero-order valence-electron chi connectivity index (χ0n) is 8.91. The van der Waals surface area contributed by atoms with Gasteiger partial charge >= 0.3 is 0 Å². The highest BCUT2D eigenvalue weighted by molar-refractivity contribution is 14.1. The molecule has 0 amide bonds. The average Bonchev–Trinajstić information content (AvgIpc) is 2.33. The molecule has 4 heteroatoms. The van der Waals surface area contributed by atoms with Gasteiger partial charge in [0.15, 0.2) is 0 Å². The molecule has 0 aliphatic carbocycles. The van der Waals surface area contributed by atoms with Gasteiger partial charge in [0, 0.05) is 31.2 Å². The third-order valence-electron chi connectivity index (χ3n) is 2.41. The standard InChI is InChI=1S/C13H10Br2IN/c14-9-4-5-13(16)11(7-9)12(15)8-10-3-1-2-6-17-10/h1-7,12H,8H2. The monoisotopic (exact) mass is 465 g/mol. The van der Waals surface area contributed by atoms with E-state index in [1.165, 1.54) is 9.13 Å². The fourth-order valence-corrected chi connectivity index (χ4v) is 3.80. The van der Waals surface area contributed by atoms with Crippen LogP contribution in [0.1, 0.15) is 16.1 Å². The lowest BCUT2D eigenvalue weighted by Gasteiger charge is -2.12. The lowest BCUT2D eigenvalue weighted by Crippen LogP contribution is -1.99. The van der Waals surface area contributed by atoms with Crippen molar-refractivity contribution in [3.8, 4) is 0 Å². The number of hydrogen-bond acceptors (Lipinski definition) is 1. The molecule has 0 radical (unpaired) electrons. The summed E-state index contributed by atoms with van der Waals surface area (Å²) >= 11 is 9.62. The van der Waals surface area contributed by atoms with Crippen molar-refractivity contribution in [2.24, 2.45) is 0 Å². The van der Waals surface area contributed by atoms with E-state index in [1.54, 1.807) is 0 Å². The van der Waals surface area contributed by atoms with Crippen LogP contribution in [-0.4, -0.2) is 4.98 Å². The molecule has 0 saturated heterocycles. The SMILES string of the molecule is Brc1ccc(I)c(C(Br)Cc2ccccn2)c1. The second kappa shape index (κ2) is 6.29. The Morgan fingerprint density at radius 1 is 1.24 bits per heavy atom. The van der Waals surface area contributed by atoms with Gasteiger partial charge in [-0.05, 0) is 58.5 Å². The first-order valence-electron chi connectivity index (χ1n) is 5.16. The summed E-state index contributed by atoms with van der Waals surface area (Å²) in [4.78, 5) is 4.65. The lowest BCUT2D eigenvalue weighted by molar-refractivity contribution is 0.899. The van der Waals surface area contributed by atoms with Gasteiger partial charge in [0.2, 0.25) is 0 Å². The number of aromatic nitrogens is 1. The van der Waals surface area contributed by atoms with E-state index in [0.717, 1.165) is 16.6 Å². The fourth-order valence-electron chi connectivity index (χ4n) is 1.57. The first-order valence-corrected chi connectivity index (χ1v) is 7.94. The van der Waals surface area contributed by atoms with E-state index in [2.05, 4.69) is 83.7 Å². The molecule has 17 heavy (non-hydrogen) atoms. The van der Waals surface area contributed by atoms with Crippen LogP contribution in [0.15, 0.2) is 47.1 Å². The molecule has 0 fully saturated rings. The van der Waals surface area contributed by atoms with Crippen LogP contribution in [0.3, 0.4) is 0 Å². The summed E-state index contributed by atoms with van der Waals surface area (Å²) in [6.45, 7) is 0. The van der Waals surface area contributed by atoms with Gasteiger partial charge in [-0.2, -0.15) is 0 Å². The van der Waals surface area contributed by atoms with E-state index < -0.39 is 0 Å². The van der Waals surface area contributed by atoms with Crippen LogP contribution in [0.25, 0.3) is 0 Å². The summed E-state index contributed by atoms with van der Waals surface area (Å²) < 4.78 is 2.38. The van der Waals surface area contributed by atoms with E-state index in [4.69, 9.17) is 0 Å². The second-order valence-corrected chi connectivity index (χ2v) is 6.84. The number of nitrogens with zero attached hydrogens (tertiary/aromatic N) is 1. The number of alkyl halides is 1. The molecule has 1 atom stereocenters. The molecule has 0 saturated carbocycles. The Kier molecular flexibility index (Phi) is 4.99. The molecule has 0 N–H and O–H groups in total. The average molecular weight is 467 g/mol. The molecular formula is C13H10Br2IN. The zero-order valence-corrected chi connectivity index (χ0v) is 14.2. The van der Waals surface area contributed by atoms with Crippen molar-refractivity contribution in [3.05, 3.63) is 61.9 Å². The summed E-state index contributed by atoms with van der Waals surface area (Å²) in [5.74, 6) is 0. The van der Waals surface area contributed by atoms with Crippen molar-refractivity contribution < 1.29 is 0 Å². The van der Waals surface area contributed by atoms with E-state index in [0.29, 0.717) is 4.83 Å². The lowest BCUT2D eigenvalue weighted by atomic mass is 10.1. The highest BCUT2D eigenvalue weighted by Crippen LogP contribution is 2.32. The molecule has 2 aromatic rings. The van der Waals surface area contributed by atoms with Crippen molar-refractivity contribution in [1.29, 1.82) is 0 Å². The minimum Gasteiger partial charge on any atom is -0.261 e. The summed E-state index contributed by atoms with van der Waals surface area (Å²) in [7, 11) is 0. The van der Waals surface area contributed by atoms with Crippen molar-refractivity contribution in [1.82, 2.24) is 4.98 Å². The van der Waals surface area contributed by atoms with Gasteiger partial charge in [0.1, 0.15) is 0 Å². The third-order valence-corrected chi connectivity index (χ3v) is 4.70. The second-order valence-electron chi connectivity index (χ2n) is 3.66. The summed E-state index contributed by atoms with van der Waals surface area (Å²) in [6, 6.07) is 12.4. The van der Waals surface area contributed by atoms with Crippen LogP contribution >= 0.6 is 54.5 Å². The Morgan fingerprint density at radius 2 is 2.06 bits per heavy atom. The maximum Gasteiger partial charge on any atom is 0.0461 e. The van der Waals surface area contributed by atoms with Crippen LogP contribution in [-0.2, 0) is 6.42 Å². The maximum atomic E-state index is 4.35. The summed E-state index contributed by atoms with van der Waals surface area (Å²) in [5.41, 5.74) is 2.40. The minimum absolute atomic E-state index is 0.293. The Bertz CT molecular complexity index is 502. The number of hydrogen-bond donors (Lipinski definition) is 0. The Labute approximate surface area is 131 Å². The molecule has 1 heterocycles. The van der Waals surface area contributed by atoms with Crippen LogP contribution in [0, 0.1) is 3.57 Å². The Morgan fingerprint density at radius 3 is 2.76 bits per heavy atom. The quantitative estimate of drug-likeness (QED) is 0.451. The first-order chi connectivity index (χ1) is 8.16.